The number of aliphatic hydroxyl groups excluding tert-OH is 2. The molecule has 0 aliphatic heterocycles. The van der Waals surface area contributed by atoms with Crippen LogP contribution in [0.5, 0.6) is 0 Å². The first kappa shape index (κ1) is 66.8. The quantitative estimate of drug-likeness (QED) is 0.0364. The lowest BCUT2D eigenvalue weighted by molar-refractivity contribution is -0.146. The van der Waals surface area contributed by atoms with E-state index in [9.17, 15) is 14.4 Å². The van der Waals surface area contributed by atoms with E-state index in [1.807, 2.05) is 88.0 Å². The fourth-order valence-electron chi connectivity index (χ4n) is 4.41. The van der Waals surface area contributed by atoms with Crippen LogP contribution in [0.15, 0.2) is 0 Å². The van der Waals surface area contributed by atoms with E-state index >= 15 is 0 Å². The van der Waals surface area contributed by atoms with E-state index in [0.717, 1.165) is 51.4 Å². The van der Waals surface area contributed by atoms with Crippen LogP contribution < -0.4 is 5.32 Å². The number of hydrogen-bond donors (Lipinski definition) is 3. The molecule has 0 aliphatic rings. The van der Waals surface area contributed by atoms with Crippen molar-refractivity contribution in [1.29, 1.82) is 0 Å². The van der Waals surface area contributed by atoms with Crippen molar-refractivity contribution in [1.82, 2.24) is 10.2 Å². The minimum absolute atomic E-state index is 0.000387. The summed E-state index contributed by atoms with van der Waals surface area (Å²) >= 11 is 0. The normalized spacial score (nSPS) is 9.87. The maximum absolute atomic E-state index is 12.1. The van der Waals surface area contributed by atoms with Gasteiger partial charge in [0.1, 0.15) is 6.61 Å². The van der Waals surface area contributed by atoms with Crippen LogP contribution in [0.3, 0.4) is 0 Å². The van der Waals surface area contributed by atoms with Gasteiger partial charge < -0.3 is 34.5 Å². The predicted octanol–water partition coefficient (Wildman–Crippen LogP) is 10.4. The molecule has 0 radical (unpaired) electrons. The van der Waals surface area contributed by atoms with Crippen LogP contribution in [0, 0.1) is 5.92 Å². The van der Waals surface area contributed by atoms with Crippen molar-refractivity contribution in [3.05, 3.63) is 0 Å². The second-order valence-electron chi connectivity index (χ2n) is 10.8. The van der Waals surface area contributed by atoms with E-state index in [2.05, 4.69) is 12.2 Å². The van der Waals surface area contributed by atoms with Crippen molar-refractivity contribution in [2.45, 2.75) is 186 Å². The lowest BCUT2D eigenvalue weighted by atomic mass is 10.1. The second-order valence-corrected chi connectivity index (χ2v) is 10.8. The highest BCUT2D eigenvalue weighted by Crippen LogP contribution is 2.11. The van der Waals surface area contributed by atoms with Crippen LogP contribution in [0.4, 0.5) is 4.79 Å². The molecule has 11 nitrogen and oxygen atoms in total. The zero-order chi connectivity index (χ0) is 43.1. The Kier molecular flexibility index (Phi) is 85.4. The summed E-state index contributed by atoms with van der Waals surface area (Å²) < 4.78 is 21.0. The average Bonchev–Trinajstić information content (AvgIpc) is 3.22. The highest BCUT2D eigenvalue weighted by molar-refractivity contribution is 5.69. The van der Waals surface area contributed by atoms with E-state index in [1.165, 1.54) is 25.7 Å². The van der Waals surface area contributed by atoms with Gasteiger partial charge in [0, 0.05) is 44.9 Å². The molecule has 0 aromatic heterocycles. The molecule has 0 saturated carbocycles. The molecular weight excluding hydrogens is 688 g/mol. The summed E-state index contributed by atoms with van der Waals surface area (Å²) in [5.74, 6) is -0.544. The van der Waals surface area contributed by atoms with Gasteiger partial charge in [0.2, 0.25) is 0 Å². The monoisotopic (exact) mass is 785 g/mol. The van der Waals surface area contributed by atoms with Crippen LogP contribution >= 0.6 is 0 Å². The Labute approximate surface area is 336 Å². The van der Waals surface area contributed by atoms with Gasteiger partial charge in [-0.25, -0.2) is 4.79 Å². The van der Waals surface area contributed by atoms with Gasteiger partial charge >= 0.3 is 18.1 Å². The first-order chi connectivity index (χ1) is 26.5. The van der Waals surface area contributed by atoms with Gasteiger partial charge in [-0.05, 0) is 32.7 Å². The third kappa shape index (κ3) is 62.1. The summed E-state index contributed by atoms with van der Waals surface area (Å²) in [6, 6.07) is 0. The van der Waals surface area contributed by atoms with Gasteiger partial charge in [-0.2, -0.15) is 0 Å². The number of rotatable bonds is 30. The number of nitrogens with zero attached hydrogens (tertiary/aromatic N) is 1. The summed E-state index contributed by atoms with van der Waals surface area (Å²) in [6.45, 7) is 29.1. The SMILES string of the molecule is CC.CC.CC.CC.CC.CC.CCCCCCCCOC(=O)CCCCCCCCC(=O)OCC(CNC)COC(=O)OCCCN(CCO)CCO. The molecule has 0 spiro atoms. The second kappa shape index (κ2) is 69.0. The fourth-order valence-corrected chi connectivity index (χ4v) is 4.41. The van der Waals surface area contributed by atoms with Crippen LogP contribution in [0.2, 0.25) is 0 Å². The Morgan fingerprint density at radius 1 is 0.519 bits per heavy atom. The molecule has 332 valence electrons. The molecule has 0 aliphatic carbocycles. The minimum atomic E-state index is -0.775. The van der Waals surface area contributed by atoms with Gasteiger partial charge in [-0.15, -0.1) is 0 Å². The third-order valence-electron chi connectivity index (χ3n) is 6.85. The van der Waals surface area contributed by atoms with Gasteiger partial charge in [-0.1, -0.05) is 148 Å². The number of esters is 2. The number of nitrogens with one attached hydrogen (secondary N) is 1. The van der Waals surface area contributed by atoms with E-state index < -0.39 is 6.16 Å². The molecule has 1 atom stereocenters. The molecule has 0 amide bonds. The van der Waals surface area contributed by atoms with Crippen molar-refractivity contribution in [3.8, 4) is 0 Å². The summed E-state index contributed by atoms with van der Waals surface area (Å²) in [6.07, 6.45) is 13.3. The fraction of sp³-hybridized carbons (Fsp3) is 0.930. The molecular formula is C43H96N2O9. The molecule has 0 aromatic carbocycles. The van der Waals surface area contributed by atoms with Crippen molar-refractivity contribution in [2.75, 3.05) is 72.9 Å². The molecule has 0 fully saturated rings. The molecule has 0 saturated heterocycles. The van der Waals surface area contributed by atoms with Crippen LogP contribution in [-0.4, -0.2) is 106 Å². The molecule has 0 aromatic rings. The largest absolute Gasteiger partial charge is 0.508 e. The molecule has 54 heavy (non-hydrogen) atoms. The first-order valence-corrected chi connectivity index (χ1v) is 22.2. The maximum Gasteiger partial charge on any atom is 0.508 e. The molecule has 11 heteroatoms. The Hall–Kier alpha value is -1.95. The van der Waals surface area contributed by atoms with Gasteiger partial charge in [0.05, 0.1) is 33.0 Å². The van der Waals surface area contributed by atoms with Crippen LogP contribution in [0.25, 0.3) is 0 Å². The van der Waals surface area contributed by atoms with Crippen LogP contribution in [0.1, 0.15) is 186 Å². The molecule has 1 unspecified atom stereocenters. The standard InChI is InChI=1S/C31H60N2O9.6C2H6/c1-3-4-5-6-11-14-23-39-29(36)16-12-9-7-8-10-13-17-30(37)41-26-28(25-32-2)27-42-31(38)40-24-15-18-33(19-21-34)20-22-35;6*1-2/h28,32,34-35H,3-27H2,1-2H3;6*1-2H3. The van der Waals surface area contributed by atoms with Gasteiger partial charge in [-0.3, -0.25) is 14.5 Å². The molecule has 3 N–H and O–H groups in total. The number of carbonyl (C=O) groups excluding carboxylic acids is 3. The molecule has 0 bridgehead atoms. The van der Waals surface area contributed by atoms with E-state index in [-0.39, 0.29) is 50.9 Å². The van der Waals surface area contributed by atoms with Gasteiger partial charge in [0.25, 0.3) is 0 Å². The molecule has 0 heterocycles. The Bertz CT molecular complexity index is 650. The number of hydrogen-bond acceptors (Lipinski definition) is 11. The van der Waals surface area contributed by atoms with Crippen molar-refractivity contribution < 1.29 is 43.5 Å². The zero-order valence-corrected chi connectivity index (χ0v) is 38.5. The first-order valence-electron chi connectivity index (χ1n) is 22.2. The number of unbranched alkanes of at least 4 members (excludes halogenated alkanes) is 10. The topological polar surface area (TPSA) is 144 Å². The predicted molar refractivity (Wildman–Crippen MR) is 230 cm³/mol. The zero-order valence-electron chi connectivity index (χ0n) is 38.5. The van der Waals surface area contributed by atoms with E-state index in [0.29, 0.717) is 52.0 Å². The summed E-state index contributed by atoms with van der Waals surface area (Å²) in [4.78, 5) is 37.7. The van der Waals surface area contributed by atoms with Gasteiger partial charge in [0.15, 0.2) is 0 Å². The summed E-state index contributed by atoms with van der Waals surface area (Å²) in [5.41, 5.74) is 0. The van der Waals surface area contributed by atoms with E-state index in [1.54, 1.807) is 7.05 Å². The Balaban J connectivity index is -0.000000332. The molecule has 0 rings (SSSR count). The third-order valence-corrected chi connectivity index (χ3v) is 6.85. The van der Waals surface area contributed by atoms with Crippen molar-refractivity contribution in [2.24, 2.45) is 5.92 Å². The summed E-state index contributed by atoms with van der Waals surface area (Å²) in [7, 11) is 1.77. The smallest absolute Gasteiger partial charge is 0.466 e. The minimum Gasteiger partial charge on any atom is -0.466 e. The van der Waals surface area contributed by atoms with Crippen molar-refractivity contribution in [3.63, 3.8) is 0 Å². The number of carbonyl (C=O) groups is 3. The lowest BCUT2D eigenvalue weighted by Gasteiger charge is -2.20. The van der Waals surface area contributed by atoms with Crippen molar-refractivity contribution >= 4 is 18.1 Å². The lowest BCUT2D eigenvalue weighted by Crippen LogP contribution is -2.31. The highest BCUT2D eigenvalue weighted by Gasteiger charge is 2.15. The number of aliphatic hydroxyl groups is 2. The highest BCUT2D eigenvalue weighted by atomic mass is 16.7. The maximum atomic E-state index is 12.1. The van der Waals surface area contributed by atoms with Crippen LogP contribution in [-0.2, 0) is 28.5 Å². The summed E-state index contributed by atoms with van der Waals surface area (Å²) in [5, 5.41) is 21.1. The Morgan fingerprint density at radius 2 is 0.926 bits per heavy atom. The number of ether oxygens (including phenoxy) is 4. The Morgan fingerprint density at radius 3 is 1.39 bits per heavy atom. The average molecular weight is 785 g/mol. The van der Waals surface area contributed by atoms with E-state index in [4.69, 9.17) is 29.2 Å².